The maximum Gasteiger partial charge on any atom is 0.258 e. The van der Waals surface area contributed by atoms with Crippen molar-refractivity contribution in [2.75, 3.05) is 11.1 Å². The Morgan fingerprint density at radius 2 is 1.75 bits per heavy atom. The molecule has 2 aromatic rings. The second kappa shape index (κ2) is 5.64. The SMILES string of the molecule is Nc1ccc(NC(=O)c2cc(F)c(Cl)cc2F)cc1Cl. The predicted octanol–water partition coefficient (Wildman–Crippen LogP) is 4.11. The van der Waals surface area contributed by atoms with E-state index in [9.17, 15) is 13.6 Å². The van der Waals surface area contributed by atoms with E-state index in [0.29, 0.717) is 11.4 Å². The Hall–Kier alpha value is -1.85. The molecular weight excluding hydrogens is 309 g/mol. The van der Waals surface area contributed by atoms with Gasteiger partial charge >= 0.3 is 0 Å². The number of carbonyl (C=O) groups is 1. The number of nitrogen functional groups attached to an aromatic ring is 1. The Kier molecular flexibility index (Phi) is 4.11. The van der Waals surface area contributed by atoms with Crippen molar-refractivity contribution in [1.29, 1.82) is 0 Å². The van der Waals surface area contributed by atoms with Crippen molar-refractivity contribution in [3.63, 3.8) is 0 Å². The van der Waals surface area contributed by atoms with E-state index in [-0.39, 0.29) is 5.02 Å². The lowest BCUT2D eigenvalue weighted by Gasteiger charge is -2.08. The highest BCUT2D eigenvalue weighted by atomic mass is 35.5. The van der Waals surface area contributed by atoms with Crippen molar-refractivity contribution in [2.45, 2.75) is 0 Å². The molecule has 0 saturated carbocycles. The Morgan fingerprint density at radius 3 is 2.40 bits per heavy atom. The molecule has 3 nitrogen and oxygen atoms in total. The molecule has 0 fully saturated rings. The van der Waals surface area contributed by atoms with Gasteiger partial charge < -0.3 is 11.1 Å². The van der Waals surface area contributed by atoms with Crippen LogP contribution in [0.25, 0.3) is 0 Å². The third-order valence-corrected chi connectivity index (χ3v) is 3.13. The Bertz CT molecular complexity index is 692. The lowest BCUT2D eigenvalue weighted by Crippen LogP contribution is -2.14. The number of nitrogens with two attached hydrogens (primary N) is 1. The fourth-order valence-corrected chi connectivity index (χ4v) is 1.83. The molecule has 0 atom stereocenters. The molecule has 0 heterocycles. The van der Waals surface area contributed by atoms with Gasteiger partial charge in [0.15, 0.2) is 0 Å². The Balaban J connectivity index is 2.28. The molecule has 0 aliphatic carbocycles. The van der Waals surface area contributed by atoms with Gasteiger partial charge in [0, 0.05) is 5.69 Å². The van der Waals surface area contributed by atoms with Crippen LogP contribution in [0.2, 0.25) is 10.0 Å². The zero-order valence-corrected chi connectivity index (χ0v) is 11.4. The number of amides is 1. The van der Waals surface area contributed by atoms with Crippen molar-refractivity contribution in [1.82, 2.24) is 0 Å². The van der Waals surface area contributed by atoms with Crippen molar-refractivity contribution in [3.8, 4) is 0 Å². The van der Waals surface area contributed by atoms with E-state index in [4.69, 9.17) is 28.9 Å². The van der Waals surface area contributed by atoms with Gasteiger partial charge in [-0.2, -0.15) is 0 Å². The van der Waals surface area contributed by atoms with Crippen LogP contribution in [0.4, 0.5) is 20.2 Å². The molecule has 0 aromatic heterocycles. The first-order chi connectivity index (χ1) is 9.38. The van der Waals surface area contributed by atoms with E-state index in [2.05, 4.69) is 5.32 Å². The van der Waals surface area contributed by atoms with Crippen LogP contribution >= 0.6 is 23.2 Å². The molecule has 0 radical (unpaired) electrons. The van der Waals surface area contributed by atoms with Crippen LogP contribution in [0.3, 0.4) is 0 Å². The van der Waals surface area contributed by atoms with Gasteiger partial charge in [-0.15, -0.1) is 0 Å². The van der Waals surface area contributed by atoms with Gasteiger partial charge in [-0.1, -0.05) is 23.2 Å². The maximum atomic E-state index is 13.6. The number of carbonyl (C=O) groups excluding carboxylic acids is 1. The summed E-state index contributed by atoms with van der Waals surface area (Å²) in [4.78, 5) is 11.9. The van der Waals surface area contributed by atoms with E-state index in [0.717, 1.165) is 12.1 Å². The van der Waals surface area contributed by atoms with Crippen LogP contribution < -0.4 is 11.1 Å². The van der Waals surface area contributed by atoms with E-state index < -0.39 is 28.1 Å². The molecule has 3 N–H and O–H groups in total. The second-order valence-electron chi connectivity index (χ2n) is 3.94. The smallest absolute Gasteiger partial charge is 0.258 e. The standard InChI is InChI=1S/C13H8Cl2F2N2O/c14-8-5-10(16)7(4-11(8)17)13(20)19-6-1-2-12(18)9(15)3-6/h1-5H,18H2,(H,19,20). The van der Waals surface area contributed by atoms with Crippen LogP contribution in [0.1, 0.15) is 10.4 Å². The number of rotatable bonds is 2. The van der Waals surface area contributed by atoms with E-state index in [1.165, 1.54) is 18.2 Å². The molecule has 104 valence electrons. The molecule has 20 heavy (non-hydrogen) atoms. The molecular formula is C13H8Cl2F2N2O. The second-order valence-corrected chi connectivity index (χ2v) is 4.75. The Morgan fingerprint density at radius 1 is 1.05 bits per heavy atom. The summed E-state index contributed by atoms with van der Waals surface area (Å²) >= 11 is 11.2. The van der Waals surface area contributed by atoms with E-state index >= 15 is 0 Å². The molecule has 1 amide bonds. The molecule has 7 heteroatoms. The third kappa shape index (κ3) is 3.00. The largest absolute Gasteiger partial charge is 0.398 e. The fraction of sp³-hybridized carbons (Fsp3) is 0. The molecule has 0 aliphatic heterocycles. The molecule has 0 unspecified atom stereocenters. The quantitative estimate of drug-likeness (QED) is 0.647. The summed E-state index contributed by atoms with van der Waals surface area (Å²) in [7, 11) is 0. The molecule has 0 bridgehead atoms. The van der Waals surface area contributed by atoms with Crippen molar-refractivity contribution in [2.24, 2.45) is 0 Å². The van der Waals surface area contributed by atoms with Crippen LogP contribution in [0.15, 0.2) is 30.3 Å². The topological polar surface area (TPSA) is 55.1 Å². The molecule has 0 spiro atoms. The highest BCUT2D eigenvalue weighted by Gasteiger charge is 2.16. The van der Waals surface area contributed by atoms with Crippen LogP contribution in [0, 0.1) is 11.6 Å². The van der Waals surface area contributed by atoms with Crippen molar-refractivity contribution >= 4 is 40.5 Å². The summed E-state index contributed by atoms with van der Waals surface area (Å²) < 4.78 is 26.8. The number of benzene rings is 2. The summed E-state index contributed by atoms with van der Waals surface area (Å²) in [5.74, 6) is -2.62. The third-order valence-electron chi connectivity index (χ3n) is 2.51. The minimum absolute atomic E-state index is 0.241. The zero-order valence-electron chi connectivity index (χ0n) is 9.88. The highest BCUT2D eigenvalue weighted by Crippen LogP contribution is 2.24. The summed E-state index contributed by atoms with van der Waals surface area (Å²) in [5, 5.41) is 2.23. The summed E-state index contributed by atoms with van der Waals surface area (Å²) in [5.41, 5.74) is 5.71. The normalized spacial score (nSPS) is 10.4. The number of nitrogens with one attached hydrogen (secondary N) is 1. The van der Waals surface area contributed by atoms with Gasteiger partial charge in [-0.3, -0.25) is 4.79 Å². The number of hydrogen-bond donors (Lipinski definition) is 2. The monoisotopic (exact) mass is 316 g/mol. The first-order valence-electron chi connectivity index (χ1n) is 5.39. The summed E-state index contributed by atoms with van der Waals surface area (Å²) in [6, 6.07) is 5.84. The average molecular weight is 317 g/mol. The van der Waals surface area contributed by atoms with Gasteiger partial charge in [0.2, 0.25) is 0 Å². The van der Waals surface area contributed by atoms with Crippen LogP contribution in [0.5, 0.6) is 0 Å². The molecule has 0 aliphatic rings. The maximum absolute atomic E-state index is 13.6. The van der Waals surface area contributed by atoms with Crippen LogP contribution in [-0.4, -0.2) is 5.91 Å². The average Bonchev–Trinajstić information content (AvgIpc) is 2.38. The molecule has 2 rings (SSSR count). The minimum atomic E-state index is -0.921. The highest BCUT2D eigenvalue weighted by molar-refractivity contribution is 6.33. The zero-order chi connectivity index (χ0) is 14.9. The van der Waals surface area contributed by atoms with E-state index in [1.807, 2.05) is 0 Å². The van der Waals surface area contributed by atoms with Gasteiger partial charge in [-0.05, 0) is 30.3 Å². The number of anilines is 2. The lowest BCUT2D eigenvalue weighted by molar-refractivity contribution is 0.102. The molecule has 2 aromatic carbocycles. The Labute approximate surface area is 123 Å². The van der Waals surface area contributed by atoms with Gasteiger partial charge in [0.1, 0.15) is 11.6 Å². The summed E-state index contributed by atoms with van der Waals surface area (Å²) in [6.07, 6.45) is 0. The van der Waals surface area contributed by atoms with Crippen LogP contribution in [-0.2, 0) is 0 Å². The predicted molar refractivity (Wildman–Crippen MR) is 75.2 cm³/mol. The lowest BCUT2D eigenvalue weighted by atomic mass is 10.2. The number of halogens is 4. The van der Waals surface area contributed by atoms with Gasteiger partial charge in [0.05, 0.1) is 21.3 Å². The minimum Gasteiger partial charge on any atom is -0.398 e. The summed E-state index contributed by atoms with van der Waals surface area (Å²) in [6.45, 7) is 0. The first-order valence-corrected chi connectivity index (χ1v) is 6.15. The molecule has 0 saturated heterocycles. The van der Waals surface area contributed by atoms with Crippen molar-refractivity contribution < 1.29 is 13.6 Å². The van der Waals surface area contributed by atoms with Gasteiger partial charge in [-0.25, -0.2) is 8.78 Å². The van der Waals surface area contributed by atoms with Gasteiger partial charge in [0.25, 0.3) is 5.91 Å². The van der Waals surface area contributed by atoms with Crippen molar-refractivity contribution in [3.05, 3.63) is 57.6 Å². The van der Waals surface area contributed by atoms with E-state index in [1.54, 1.807) is 0 Å². The fourth-order valence-electron chi connectivity index (χ4n) is 1.50. The first kappa shape index (κ1) is 14.6. The number of hydrogen-bond acceptors (Lipinski definition) is 2.